The first-order valence-corrected chi connectivity index (χ1v) is 11.0. The minimum atomic E-state index is -0.349. The summed E-state index contributed by atoms with van der Waals surface area (Å²) < 4.78 is 19.5. The van der Waals surface area contributed by atoms with Crippen LogP contribution in [0.2, 0.25) is 0 Å². The highest BCUT2D eigenvalue weighted by molar-refractivity contribution is 6.21. The predicted molar refractivity (Wildman–Crippen MR) is 117 cm³/mol. The number of nitrogens with one attached hydrogen (secondary N) is 2. The molecule has 0 bridgehead atoms. The molecule has 2 fully saturated rings. The first kappa shape index (κ1) is 21.3. The molecule has 7 heteroatoms. The second-order valence-corrected chi connectivity index (χ2v) is 8.22. The number of nitrogens with zero attached hydrogens (tertiary/aromatic N) is 1. The maximum absolute atomic E-state index is 13.9. The molecule has 0 radical (unpaired) electrons. The van der Waals surface area contributed by atoms with E-state index in [0.29, 0.717) is 18.0 Å². The minimum Gasteiger partial charge on any atom is -0.494 e. The summed E-state index contributed by atoms with van der Waals surface area (Å²) in [6.45, 7) is 4.21. The van der Waals surface area contributed by atoms with Crippen LogP contribution in [0.25, 0.3) is 0 Å². The molecule has 31 heavy (non-hydrogen) atoms. The van der Waals surface area contributed by atoms with Crippen molar-refractivity contribution in [3.8, 4) is 5.75 Å². The van der Waals surface area contributed by atoms with E-state index in [4.69, 9.17) is 4.74 Å². The van der Waals surface area contributed by atoms with Crippen LogP contribution in [0.3, 0.4) is 0 Å². The zero-order valence-corrected chi connectivity index (χ0v) is 17.8. The highest BCUT2D eigenvalue weighted by Crippen LogP contribution is 2.25. The summed E-state index contributed by atoms with van der Waals surface area (Å²) in [4.78, 5) is 28.2. The Morgan fingerprint density at radius 1 is 1.10 bits per heavy atom. The number of likely N-dealkylation sites (tertiary alicyclic amines) is 1. The second-order valence-electron chi connectivity index (χ2n) is 8.22. The van der Waals surface area contributed by atoms with Crippen LogP contribution in [0, 0.1) is 5.82 Å². The molecule has 2 N–H and O–H groups in total. The van der Waals surface area contributed by atoms with Gasteiger partial charge in [0.15, 0.2) is 6.04 Å². The number of hydrogen-bond acceptors (Lipinski definition) is 4. The van der Waals surface area contributed by atoms with Gasteiger partial charge in [-0.3, -0.25) is 9.59 Å². The predicted octanol–water partition coefficient (Wildman–Crippen LogP) is 2.41. The van der Waals surface area contributed by atoms with Crippen molar-refractivity contribution in [2.24, 2.45) is 0 Å². The van der Waals surface area contributed by atoms with E-state index in [2.05, 4.69) is 5.32 Å². The smallest absolute Gasteiger partial charge is 0.292 e. The molecule has 2 amide bonds. The maximum Gasteiger partial charge on any atom is 0.292 e. The van der Waals surface area contributed by atoms with E-state index in [1.165, 1.54) is 11.0 Å². The van der Waals surface area contributed by atoms with Crippen molar-refractivity contribution >= 4 is 23.2 Å². The first-order chi connectivity index (χ1) is 15.1. The second kappa shape index (κ2) is 9.47. The van der Waals surface area contributed by atoms with Crippen LogP contribution in [0.15, 0.2) is 48.5 Å². The lowest BCUT2D eigenvalue weighted by Gasteiger charge is -2.32. The minimum absolute atomic E-state index is 0.136. The molecule has 0 aliphatic carbocycles. The van der Waals surface area contributed by atoms with Crippen LogP contribution in [0.1, 0.15) is 32.6 Å². The number of carbonyl (C=O) groups is 2. The molecule has 0 aromatic heterocycles. The molecule has 164 valence electrons. The Balaban J connectivity index is 1.35. The van der Waals surface area contributed by atoms with Crippen molar-refractivity contribution in [1.29, 1.82) is 0 Å². The lowest BCUT2D eigenvalue weighted by molar-refractivity contribution is -0.919. The van der Waals surface area contributed by atoms with Crippen LogP contribution < -0.4 is 19.9 Å². The molecule has 4 rings (SSSR count). The molecule has 2 aromatic rings. The van der Waals surface area contributed by atoms with Crippen LogP contribution >= 0.6 is 0 Å². The lowest BCUT2D eigenvalue weighted by atomic mass is 10.0. The van der Waals surface area contributed by atoms with Crippen LogP contribution in [0.5, 0.6) is 5.75 Å². The number of carbonyl (C=O) groups excluding carboxylic acids is 2. The molecule has 2 aromatic carbocycles. The monoisotopic (exact) mass is 426 g/mol. The number of hydrogen-bond donors (Lipinski definition) is 2. The fraction of sp³-hybridized carbons (Fsp3) is 0.417. The van der Waals surface area contributed by atoms with Crippen molar-refractivity contribution in [1.82, 2.24) is 0 Å². The number of imide groups is 1. The largest absolute Gasteiger partial charge is 0.494 e. The molecule has 1 atom stereocenters. The van der Waals surface area contributed by atoms with Gasteiger partial charge in [0, 0.05) is 18.9 Å². The Kier molecular flexibility index (Phi) is 6.51. The number of amides is 2. The summed E-state index contributed by atoms with van der Waals surface area (Å²) in [5.74, 6) is 0.186. The van der Waals surface area contributed by atoms with Crippen molar-refractivity contribution in [3.05, 3.63) is 54.3 Å². The molecule has 2 saturated heterocycles. The van der Waals surface area contributed by atoms with Crippen molar-refractivity contribution < 1.29 is 23.6 Å². The van der Waals surface area contributed by atoms with Gasteiger partial charge in [0.05, 0.1) is 37.5 Å². The Hall–Kier alpha value is -2.93. The number of rotatable bonds is 7. The highest BCUT2D eigenvalue weighted by atomic mass is 19.1. The SMILES string of the molecule is CCCOc1ccc(N2C(=O)C[C@@H]([NH+]3CCC(Nc4ccccc4F)CC3)C2=O)cc1. The van der Waals surface area contributed by atoms with Crippen molar-refractivity contribution in [3.63, 3.8) is 0 Å². The summed E-state index contributed by atoms with van der Waals surface area (Å²) in [6.07, 6.45) is 2.80. The van der Waals surface area contributed by atoms with Gasteiger partial charge >= 0.3 is 0 Å². The fourth-order valence-electron chi connectivity index (χ4n) is 4.41. The number of anilines is 2. The summed E-state index contributed by atoms with van der Waals surface area (Å²) in [7, 11) is 0. The molecule has 2 aliphatic rings. The van der Waals surface area contributed by atoms with Gasteiger partial charge in [-0.25, -0.2) is 9.29 Å². The Bertz CT molecular complexity index is 926. The average molecular weight is 427 g/mol. The molecular weight excluding hydrogens is 397 g/mol. The van der Waals surface area contributed by atoms with Gasteiger partial charge in [0.2, 0.25) is 5.91 Å². The van der Waals surface area contributed by atoms with Crippen LogP contribution in [0.4, 0.5) is 15.8 Å². The van der Waals surface area contributed by atoms with Crippen molar-refractivity contribution in [2.45, 2.75) is 44.7 Å². The van der Waals surface area contributed by atoms with E-state index in [1.807, 2.05) is 13.0 Å². The Morgan fingerprint density at radius 3 is 2.48 bits per heavy atom. The fourth-order valence-corrected chi connectivity index (χ4v) is 4.41. The third-order valence-electron chi connectivity index (χ3n) is 6.07. The Labute approximate surface area is 182 Å². The third kappa shape index (κ3) is 4.71. The number of quaternary nitrogens is 1. The third-order valence-corrected chi connectivity index (χ3v) is 6.07. The van der Waals surface area contributed by atoms with E-state index in [1.54, 1.807) is 36.4 Å². The molecular formula is C24H29FN3O3+. The van der Waals surface area contributed by atoms with Gasteiger partial charge in [0.25, 0.3) is 5.91 Å². The molecule has 2 aliphatic heterocycles. The van der Waals surface area contributed by atoms with E-state index in [-0.39, 0.29) is 36.1 Å². The standard InChI is InChI=1S/C24H28FN3O3/c1-2-15-31-19-9-7-18(8-10-19)28-23(29)16-22(24(28)30)27-13-11-17(12-14-27)26-21-6-4-3-5-20(21)25/h3-10,17,22,26H,2,11-16H2,1H3/p+1/t22-/m1/s1. The Morgan fingerprint density at radius 2 is 1.81 bits per heavy atom. The van der Waals surface area contributed by atoms with Crippen LogP contribution in [-0.4, -0.2) is 43.6 Å². The van der Waals surface area contributed by atoms with E-state index in [0.717, 1.165) is 43.0 Å². The van der Waals surface area contributed by atoms with Gasteiger partial charge in [-0.05, 0) is 42.8 Å². The van der Waals surface area contributed by atoms with Crippen LogP contribution in [-0.2, 0) is 9.59 Å². The molecule has 2 heterocycles. The number of para-hydroxylation sites is 1. The molecule has 0 unspecified atom stereocenters. The number of ether oxygens (including phenoxy) is 1. The van der Waals surface area contributed by atoms with E-state index >= 15 is 0 Å². The summed E-state index contributed by atoms with van der Waals surface area (Å²) in [6, 6.07) is 13.6. The maximum atomic E-state index is 13.9. The van der Waals surface area contributed by atoms with Crippen molar-refractivity contribution in [2.75, 3.05) is 29.9 Å². The molecule has 6 nitrogen and oxygen atoms in total. The number of piperidine rings is 1. The average Bonchev–Trinajstić information content (AvgIpc) is 3.09. The zero-order chi connectivity index (χ0) is 21.8. The van der Waals surface area contributed by atoms with Gasteiger partial charge in [-0.15, -0.1) is 0 Å². The lowest BCUT2D eigenvalue weighted by Crippen LogP contribution is -3.17. The van der Waals surface area contributed by atoms with E-state index in [9.17, 15) is 14.0 Å². The van der Waals surface area contributed by atoms with E-state index < -0.39 is 0 Å². The number of benzene rings is 2. The summed E-state index contributed by atoms with van der Waals surface area (Å²) in [5.41, 5.74) is 1.11. The quantitative estimate of drug-likeness (QED) is 0.668. The zero-order valence-electron chi connectivity index (χ0n) is 17.8. The van der Waals surface area contributed by atoms with Gasteiger partial charge in [-0.1, -0.05) is 19.1 Å². The molecule has 0 saturated carbocycles. The van der Waals surface area contributed by atoms with Gasteiger partial charge < -0.3 is 15.0 Å². The topological polar surface area (TPSA) is 63.1 Å². The van der Waals surface area contributed by atoms with Gasteiger partial charge in [0.1, 0.15) is 11.6 Å². The number of halogens is 1. The molecule has 0 spiro atoms. The summed E-state index contributed by atoms with van der Waals surface area (Å²) >= 11 is 0. The summed E-state index contributed by atoms with van der Waals surface area (Å²) in [5, 5.41) is 3.27. The highest BCUT2D eigenvalue weighted by Gasteiger charge is 2.46. The van der Waals surface area contributed by atoms with Gasteiger partial charge in [-0.2, -0.15) is 0 Å². The normalized spacial score (nSPS) is 23.8. The first-order valence-electron chi connectivity index (χ1n) is 11.0.